The fourth-order valence-electron chi connectivity index (χ4n) is 0.534. The molecule has 0 aliphatic heterocycles. The van der Waals surface area contributed by atoms with E-state index in [2.05, 4.69) is 17.2 Å². The molecule has 12 heavy (non-hydrogen) atoms. The maximum absolute atomic E-state index is 10.8. The van der Waals surface area contributed by atoms with E-state index in [1.54, 1.807) is 6.92 Å². The topological polar surface area (TPSA) is 46.2 Å². The highest BCUT2D eigenvalue weighted by Gasteiger charge is 1.98. The molecule has 0 aliphatic carbocycles. The van der Waals surface area contributed by atoms with Gasteiger partial charge in [-0.1, -0.05) is 5.92 Å². The summed E-state index contributed by atoms with van der Waals surface area (Å²) in [6, 6.07) is 0. The number of hydrogen-bond donors (Lipinski definition) is 1. The normalized spacial score (nSPS) is 9.75. The standard InChI is InChI=1S/C9H11NO2/c1-4-5-9(7(2)11)6-10-8(3)12/h6H,1-3H3,(H,10,12)/b9-6-. The van der Waals surface area contributed by atoms with E-state index < -0.39 is 0 Å². The second-order valence-electron chi connectivity index (χ2n) is 2.19. The van der Waals surface area contributed by atoms with Crippen molar-refractivity contribution in [3.63, 3.8) is 0 Å². The third-order valence-corrected chi connectivity index (χ3v) is 1.06. The van der Waals surface area contributed by atoms with Crippen LogP contribution in [0, 0.1) is 11.8 Å². The Hall–Kier alpha value is -1.56. The first kappa shape index (κ1) is 10.4. The predicted octanol–water partition coefficient (Wildman–Crippen LogP) is 0.619. The van der Waals surface area contributed by atoms with E-state index in [4.69, 9.17) is 0 Å². The molecular formula is C9H11NO2. The van der Waals surface area contributed by atoms with Gasteiger partial charge in [0.05, 0.1) is 5.57 Å². The lowest BCUT2D eigenvalue weighted by atomic mass is 10.2. The smallest absolute Gasteiger partial charge is 0.220 e. The molecule has 0 fully saturated rings. The van der Waals surface area contributed by atoms with Gasteiger partial charge in [-0.05, 0) is 13.8 Å². The summed E-state index contributed by atoms with van der Waals surface area (Å²) in [6.45, 7) is 4.40. The summed E-state index contributed by atoms with van der Waals surface area (Å²) in [5.41, 5.74) is 0.313. The summed E-state index contributed by atoms with van der Waals surface area (Å²) >= 11 is 0. The molecule has 0 bridgehead atoms. The molecule has 0 aromatic rings. The Balaban J connectivity index is 4.47. The zero-order valence-electron chi connectivity index (χ0n) is 7.39. The van der Waals surface area contributed by atoms with Gasteiger partial charge in [-0.2, -0.15) is 0 Å². The minimum Gasteiger partial charge on any atom is -0.332 e. The monoisotopic (exact) mass is 165 g/mol. The zero-order chi connectivity index (χ0) is 9.56. The molecule has 0 aliphatic rings. The van der Waals surface area contributed by atoms with Crippen LogP contribution < -0.4 is 5.32 Å². The molecule has 3 heteroatoms. The van der Waals surface area contributed by atoms with Gasteiger partial charge in [0.1, 0.15) is 0 Å². The molecule has 0 aromatic heterocycles. The van der Waals surface area contributed by atoms with E-state index in [-0.39, 0.29) is 11.7 Å². The van der Waals surface area contributed by atoms with E-state index in [0.29, 0.717) is 5.57 Å². The molecule has 0 radical (unpaired) electrons. The molecule has 0 spiro atoms. The summed E-state index contributed by atoms with van der Waals surface area (Å²) in [7, 11) is 0. The minimum absolute atomic E-state index is 0.155. The Labute approximate surface area is 71.8 Å². The molecule has 3 nitrogen and oxygen atoms in total. The molecule has 0 saturated carbocycles. The van der Waals surface area contributed by atoms with Crippen molar-refractivity contribution < 1.29 is 9.59 Å². The molecule has 64 valence electrons. The summed E-state index contributed by atoms with van der Waals surface area (Å²) < 4.78 is 0. The van der Waals surface area contributed by atoms with Gasteiger partial charge in [0, 0.05) is 13.1 Å². The van der Waals surface area contributed by atoms with Crippen LogP contribution in [0.15, 0.2) is 11.8 Å². The van der Waals surface area contributed by atoms with E-state index >= 15 is 0 Å². The highest BCUT2D eigenvalue weighted by Crippen LogP contribution is 1.91. The molecule has 0 saturated heterocycles. The largest absolute Gasteiger partial charge is 0.332 e. The maximum atomic E-state index is 10.8. The lowest BCUT2D eigenvalue weighted by Crippen LogP contribution is -2.14. The van der Waals surface area contributed by atoms with E-state index in [1.807, 2.05) is 0 Å². The number of carbonyl (C=O) groups is 2. The zero-order valence-corrected chi connectivity index (χ0v) is 7.39. The van der Waals surface area contributed by atoms with Gasteiger partial charge in [0.25, 0.3) is 0 Å². The Morgan fingerprint density at radius 2 is 1.92 bits per heavy atom. The lowest BCUT2D eigenvalue weighted by Gasteiger charge is -1.94. The number of hydrogen-bond acceptors (Lipinski definition) is 2. The van der Waals surface area contributed by atoms with Crippen molar-refractivity contribution in [2.75, 3.05) is 0 Å². The van der Waals surface area contributed by atoms with Gasteiger partial charge in [0.15, 0.2) is 5.78 Å². The van der Waals surface area contributed by atoms with Crippen LogP contribution in [0.3, 0.4) is 0 Å². The highest BCUT2D eigenvalue weighted by atomic mass is 16.1. The van der Waals surface area contributed by atoms with Crippen LogP contribution in [0.4, 0.5) is 0 Å². The first-order valence-electron chi connectivity index (χ1n) is 3.49. The molecule has 0 heterocycles. The lowest BCUT2D eigenvalue weighted by molar-refractivity contribution is -0.118. The number of nitrogens with one attached hydrogen (secondary N) is 1. The van der Waals surface area contributed by atoms with Gasteiger partial charge in [-0.25, -0.2) is 0 Å². The van der Waals surface area contributed by atoms with Gasteiger partial charge in [0.2, 0.25) is 5.91 Å². The van der Waals surface area contributed by atoms with Gasteiger partial charge < -0.3 is 5.32 Å². The fourth-order valence-corrected chi connectivity index (χ4v) is 0.534. The quantitative estimate of drug-likeness (QED) is 0.481. The van der Waals surface area contributed by atoms with Crippen molar-refractivity contribution >= 4 is 11.7 Å². The number of ketones is 1. The third-order valence-electron chi connectivity index (χ3n) is 1.06. The summed E-state index contributed by atoms with van der Waals surface area (Å²) in [5.74, 6) is 4.80. The van der Waals surface area contributed by atoms with E-state index in [9.17, 15) is 9.59 Å². The minimum atomic E-state index is -0.216. The number of carbonyl (C=O) groups excluding carboxylic acids is 2. The van der Waals surface area contributed by atoms with Crippen molar-refractivity contribution in [3.05, 3.63) is 11.8 Å². The average molecular weight is 165 g/mol. The third kappa shape index (κ3) is 4.29. The van der Waals surface area contributed by atoms with Crippen molar-refractivity contribution in [1.29, 1.82) is 0 Å². The highest BCUT2D eigenvalue weighted by molar-refractivity contribution is 5.98. The number of allylic oxidation sites excluding steroid dienone is 1. The molecule has 0 atom stereocenters. The van der Waals surface area contributed by atoms with Crippen molar-refractivity contribution in [1.82, 2.24) is 5.32 Å². The SMILES string of the molecule is CC#C/C(=C/NC(C)=O)C(C)=O. The first-order valence-corrected chi connectivity index (χ1v) is 3.49. The summed E-state index contributed by atoms with van der Waals surface area (Å²) in [6.07, 6.45) is 1.32. The summed E-state index contributed by atoms with van der Waals surface area (Å²) in [5, 5.41) is 2.39. The number of Topliss-reactive ketones (excluding diaryl/α,β-unsaturated/α-hetero) is 1. The second kappa shape index (κ2) is 5.14. The maximum Gasteiger partial charge on any atom is 0.220 e. The van der Waals surface area contributed by atoms with Crippen LogP contribution in [0.2, 0.25) is 0 Å². The van der Waals surface area contributed by atoms with Crippen LogP contribution in [-0.4, -0.2) is 11.7 Å². The Morgan fingerprint density at radius 3 is 2.25 bits per heavy atom. The van der Waals surface area contributed by atoms with Crippen LogP contribution in [0.5, 0.6) is 0 Å². The summed E-state index contributed by atoms with van der Waals surface area (Å²) in [4.78, 5) is 21.3. The van der Waals surface area contributed by atoms with Crippen LogP contribution in [0.1, 0.15) is 20.8 Å². The molecular weight excluding hydrogens is 154 g/mol. The molecule has 1 N–H and O–H groups in total. The van der Waals surface area contributed by atoms with Gasteiger partial charge in [-0.3, -0.25) is 9.59 Å². The Morgan fingerprint density at radius 1 is 1.33 bits per heavy atom. The average Bonchev–Trinajstić information content (AvgIpc) is 1.96. The Kier molecular flexibility index (Phi) is 4.47. The van der Waals surface area contributed by atoms with E-state index in [0.717, 1.165) is 0 Å². The van der Waals surface area contributed by atoms with Crippen molar-refractivity contribution in [2.45, 2.75) is 20.8 Å². The van der Waals surface area contributed by atoms with Gasteiger partial charge >= 0.3 is 0 Å². The van der Waals surface area contributed by atoms with E-state index in [1.165, 1.54) is 20.0 Å². The molecule has 0 rings (SSSR count). The first-order chi connectivity index (χ1) is 5.57. The molecule has 0 aromatic carbocycles. The molecule has 1 amide bonds. The second-order valence-corrected chi connectivity index (χ2v) is 2.19. The van der Waals surface area contributed by atoms with Gasteiger partial charge in [-0.15, -0.1) is 5.92 Å². The number of rotatable bonds is 2. The fraction of sp³-hybridized carbons (Fsp3) is 0.333. The Bertz CT molecular complexity index is 279. The molecule has 0 unspecified atom stereocenters. The number of amides is 1. The van der Waals surface area contributed by atoms with Crippen LogP contribution >= 0.6 is 0 Å². The van der Waals surface area contributed by atoms with Crippen molar-refractivity contribution in [2.24, 2.45) is 0 Å². The van der Waals surface area contributed by atoms with Crippen LogP contribution in [-0.2, 0) is 9.59 Å². The predicted molar refractivity (Wildman–Crippen MR) is 46.0 cm³/mol. The van der Waals surface area contributed by atoms with Crippen molar-refractivity contribution in [3.8, 4) is 11.8 Å². The van der Waals surface area contributed by atoms with Crippen LogP contribution in [0.25, 0.3) is 0 Å².